The summed E-state index contributed by atoms with van der Waals surface area (Å²) in [4.78, 5) is 2.42. The maximum atomic E-state index is 2.42. The third-order valence-corrected chi connectivity index (χ3v) is 13.1. The third kappa shape index (κ3) is 5.71. The van der Waals surface area contributed by atoms with Crippen LogP contribution in [0.15, 0.2) is 218 Å². The summed E-state index contributed by atoms with van der Waals surface area (Å²) in [6, 6.07) is 80.4. The molecule has 0 spiro atoms. The summed E-state index contributed by atoms with van der Waals surface area (Å²) in [6.45, 7) is 4.71. The average molecular weight is 779 g/mol. The van der Waals surface area contributed by atoms with Gasteiger partial charge in [0, 0.05) is 38.9 Å². The van der Waals surface area contributed by atoms with E-state index in [1.165, 1.54) is 93.5 Å². The van der Waals surface area contributed by atoms with Crippen molar-refractivity contribution in [3.8, 4) is 39.1 Å². The van der Waals surface area contributed by atoms with Crippen LogP contribution in [0.3, 0.4) is 0 Å². The van der Waals surface area contributed by atoms with Crippen molar-refractivity contribution in [2.24, 2.45) is 0 Å². The molecule has 0 fully saturated rings. The highest BCUT2D eigenvalue weighted by Gasteiger charge is 2.35. The Morgan fingerprint density at radius 3 is 1.67 bits per heavy atom. The minimum absolute atomic E-state index is 0.0985. The van der Waals surface area contributed by atoms with Crippen molar-refractivity contribution in [1.82, 2.24) is 4.57 Å². The van der Waals surface area contributed by atoms with E-state index in [4.69, 9.17) is 0 Å². The van der Waals surface area contributed by atoms with E-state index in [1.54, 1.807) is 0 Å². The maximum Gasteiger partial charge on any atom is 0.0541 e. The Kier molecular flexibility index (Phi) is 7.92. The van der Waals surface area contributed by atoms with Crippen molar-refractivity contribution in [2.75, 3.05) is 4.90 Å². The second kappa shape index (κ2) is 13.7. The van der Waals surface area contributed by atoms with Crippen LogP contribution in [-0.4, -0.2) is 4.57 Å². The monoisotopic (exact) mass is 778 g/mol. The summed E-state index contributed by atoms with van der Waals surface area (Å²) in [6.07, 6.45) is 0. The van der Waals surface area contributed by atoms with Gasteiger partial charge in [-0.2, -0.15) is 0 Å². The van der Waals surface area contributed by atoms with Crippen LogP contribution in [0.2, 0.25) is 0 Å². The van der Waals surface area contributed by atoms with E-state index in [2.05, 4.69) is 242 Å². The van der Waals surface area contributed by atoms with Crippen molar-refractivity contribution in [3.05, 3.63) is 230 Å². The first-order valence-electron chi connectivity index (χ1n) is 21.2. The summed E-state index contributed by atoms with van der Waals surface area (Å²) in [5, 5.41) is 7.51. The predicted octanol–water partition coefficient (Wildman–Crippen LogP) is 16.2. The number of nitrogens with zero attached hydrogens (tertiary/aromatic N) is 2. The number of benzene rings is 10. The Balaban J connectivity index is 0.910. The van der Waals surface area contributed by atoms with Gasteiger partial charge in [0.25, 0.3) is 0 Å². The second-order valence-electron chi connectivity index (χ2n) is 17.0. The largest absolute Gasteiger partial charge is 0.310 e. The Labute approximate surface area is 356 Å². The van der Waals surface area contributed by atoms with Crippen molar-refractivity contribution < 1.29 is 0 Å². The molecule has 12 rings (SSSR count). The first-order chi connectivity index (χ1) is 30.0. The standard InChI is InChI=1S/C59H42N2/c1-59(2)55-18-10-8-16-51(55)52-32-31-50(38-56(52)59)60(49-30-26-44-34-42-12-6-7-13-43(42)35-46(44)36-49)48-28-24-40(25-29-48)39-20-22-41(23-21-39)45-27-33-58-54(37-45)53-17-9-11-19-57(53)61(58)47-14-4-3-5-15-47/h3-38H,1-2H3. The normalized spacial score (nSPS) is 12.9. The number of fused-ring (bicyclic) bond motifs is 8. The summed E-state index contributed by atoms with van der Waals surface area (Å²) < 4.78 is 2.37. The Morgan fingerprint density at radius 2 is 0.885 bits per heavy atom. The molecule has 0 bridgehead atoms. The van der Waals surface area contributed by atoms with Crippen LogP contribution in [0, 0.1) is 0 Å². The van der Waals surface area contributed by atoms with E-state index in [-0.39, 0.29) is 5.41 Å². The minimum Gasteiger partial charge on any atom is -0.310 e. The van der Waals surface area contributed by atoms with Gasteiger partial charge in [-0.25, -0.2) is 0 Å². The van der Waals surface area contributed by atoms with Gasteiger partial charge in [0.15, 0.2) is 0 Å². The van der Waals surface area contributed by atoms with Crippen LogP contribution < -0.4 is 4.90 Å². The lowest BCUT2D eigenvalue weighted by molar-refractivity contribution is 0.660. The lowest BCUT2D eigenvalue weighted by Gasteiger charge is -2.28. The van der Waals surface area contributed by atoms with Crippen LogP contribution >= 0.6 is 0 Å². The zero-order chi connectivity index (χ0) is 40.7. The van der Waals surface area contributed by atoms with E-state index in [0.29, 0.717) is 0 Å². The molecule has 1 aliphatic rings. The average Bonchev–Trinajstić information content (AvgIpc) is 3.76. The van der Waals surface area contributed by atoms with Crippen molar-refractivity contribution in [2.45, 2.75) is 19.3 Å². The van der Waals surface area contributed by atoms with Gasteiger partial charge in [-0.3, -0.25) is 0 Å². The first kappa shape index (κ1) is 35.3. The van der Waals surface area contributed by atoms with Crippen molar-refractivity contribution >= 4 is 60.4 Å². The number of para-hydroxylation sites is 2. The highest BCUT2D eigenvalue weighted by Crippen LogP contribution is 2.51. The van der Waals surface area contributed by atoms with Crippen molar-refractivity contribution in [3.63, 3.8) is 0 Å². The third-order valence-electron chi connectivity index (χ3n) is 13.1. The molecule has 0 amide bonds. The highest BCUT2D eigenvalue weighted by molar-refractivity contribution is 6.10. The molecule has 288 valence electrons. The molecule has 0 saturated heterocycles. The van der Waals surface area contributed by atoms with Crippen LogP contribution in [0.5, 0.6) is 0 Å². The molecule has 11 aromatic rings. The van der Waals surface area contributed by atoms with Gasteiger partial charge in [-0.1, -0.05) is 153 Å². The summed E-state index contributed by atoms with van der Waals surface area (Å²) in [5.74, 6) is 0. The van der Waals surface area contributed by atoms with E-state index in [0.717, 1.165) is 17.1 Å². The summed E-state index contributed by atoms with van der Waals surface area (Å²) >= 11 is 0. The first-order valence-corrected chi connectivity index (χ1v) is 21.2. The molecule has 1 aromatic heterocycles. The fourth-order valence-electron chi connectivity index (χ4n) is 10.0. The predicted molar refractivity (Wildman–Crippen MR) is 259 cm³/mol. The van der Waals surface area contributed by atoms with E-state index in [9.17, 15) is 0 Å². The smallest absolute Gasteiger partial charge is 0.0541 e. The molecule has 0 aliphatic heterocycles. The van der Waals surface area contributed by atoms with Gasteiger partial charge in [-0.05, 0) is 145 Å². The van der Waals surface area contributed by atoms with E-state index >= 15 is 0 Å². The maximum absolute atomic E-state index is 2.42. The fourth-order valence-corrected chi connectivity index (χ4v) is 10.0. The zero-order valence-corrected chi connectivity index (χ0v) is 34.2. The van der Waals surface area contributed by atoms with Gasteiger partial charge < -0.3 is 9.47 Å². The summed E-state index contributed by atoms with van der Waals surface area (Å²) in [5.41, 5.74) is 17.1. The van der Waals surface area contributed by atoms with Gasteiger partial charge >= 0.3 is 0 Å². The van der Waals surface area contributed by atoms with E-state index < -0.39 is 0 Å². The molecule has 0 saturated carbocycles. The molecular formula is C59H42N2. The van der Waals surface area contributed by atoms with Gasteiger partial charge in [-0.15, -0.1) is 0 Å². The molecule has 0 atom stereocenters. The quantitative estimate of drug-likeness (QED) is 0.153. The van der Waals surface area contributed by atoms with Crippen LogP contribution in [0.4, 0.5) is 17.1 Å². The fraction of sp³-hybridized carbons (Fsp3) is 0.0508. The lowest BCUT2D eigenvalue weighted by atomic mass is 9.82. The molecular weight excluding hydrogens is 737 g/mol. The molecule has 0 N–H and O–H groups in total. The van der Waals surface area contributed by atoms with Gasteiger partial charge in [0.05, 0.1) is 11.0 Å². The minimum atomic E-state index is -0.0985. The van der Waals surface area contributed by atoms with Crippen LogP contribution in [0.25, 0.3) is 82.4 Å². The van der Waals surface area contributed by atoms with Gasteiger partial charge in [0.1, 0.15) is 0 Å². The SMILES string of the molecule is CC1(C)c2ccccc2-c2ccc(N(c3ccc(-c4ccc(-c5ccc6c(c5)c5ccccc5n6-c5ccccc5)cc4)cc3)c3ccc4cc5ccccc5cc4c3)cc21. The molecule has 1 aliphatic carbocycles. The highest BCUT2D eigenvalue weighted by atomic mass is 15.1. The van der Waals surface area contributed by atoms with Crippen LogP contribution in [0.1, 0.15) is 25.0 Å². The Bertz CT molecular complexity index is 3480. The van der Waals surface area contributed by atoms with Gasteiger partial charge in [0.2, 0.25) is 0 Å². The zero-order valence-electron chi connectivity index (χ0n) is 34.2. The number of hydrogen-bond donors (Lipinski definition) is 0. The summed E-state index contributed by atoms with van der Waals surface area (Å²) in [7, 11) is 0. The Morgan fingerprint density at radius 1 is 0.344 bits per heavy atom. The molecule has 10 aromatic carbocycles. The number of hydrogen-bond acceptors (Lipinski definition) is 1. The number of anilines is 3. The topological polar surface area (TPSA) is 8.17 Å². The molecule has 0 unspecified atom stereocenters. The lowest BCUT2D eigenvalue weighted by Crippen LogP contribution is -2.16. The van der Waals surface area contributed by atoms with Crippen molar-refractivity contribution in [1.29, 1.82) is 0 Å². The second-order valence-corrected chi connectivity index (χ2v) is 17.0. The molecule has 61 heavy (non-hydrogen) atoms. The number of aromatic nitrogens is 1. The number of rotatable bonds is 6. The molecule has 0 radical (unpaired) electrons. The Hall–Kier alpha value is -7.68. The van der Waals surface area contributed by atoms with E-state index in [1.807, 2.05) is 0 Å². The molecule has 2 heteroatoms. The molecule has 1 heterocycles. The van der Waals surface area contributed by atoms with Crippen LogP contribution in [-0.2, 0) is 5.41 Å². The molecule has 2 nitrogen and oxygen atoms in total.